The van der Waals surface area contributed by atoms with E-state index in [-0.39, 0.29) is 0 Å². The maximum absolute atomic E-state index is 10.8. The van der Waals surface area contributed by atoms with Gasteiger partial charge in [0, 0.05) is 16.9 Å². The maximum atomic E-state index is 10.8. The Kier molecular flexibility index (Phi) is 4.98. The first kappa shape index (κ1) is 14.8. The Morgan fingerprint density at radius 1 is 1.45 bits per heavy atom. The summed E-state index contributed by atoms with van der Waals surface area (Å²) in [5.41, 5.74) is 3.29. The molecule has 0 fully saturated rings. The normalized spacial score (nSPS) is 10.3. The van der Waals surface area contributed by atoms with E-state index in [9.17, 15) is 4.79 Å². The maximum Gasteiger partial charge on any atom is 0.179 e. The Hall–Kier alpha value is -1.59. The Labute approximate surface area is 126 Å². The van der Waals surface area contributed by atoms with Crippen LogP contribution < -0.4 is 9.47 Å². The van der Waals surface area contributed by atoms with E-state index in [1.54, 1.807) is 23.5 Å². The minimum atomic E-state index is 0.368. The van der Waals surface area contributed by atoms with E-state index in [0.717, 1.165) is 18.4 Å². The predicted octanol–water partition coefficient (Wildman–Crippen LogP) is 3.55. The molecule has 1 aromatic carbocycles. The zero-order chi connectivity index (χ0) is 14.5. The van der Waals surface area contributed by atoms with Crippen LogP contribution in [0.4, 0.5) is 0 Å². The van der Waals surface area contributed by atoms with Crippen molar-refractivity contribution in [1.29, 1.82) is 0 Å². The number of aromatic nitrogens is 1. The Balaban J connectivity index is 2.09. The van der Waals surface area contributed by atoms with E-state index in [4.69, 9.17) is 21.1 Å². The number of carbonyl (C=O) groups excluding carboxylic acids is 1. The van der Waals surface area contributed by atoms with Crippen molar-refractivity contribution in [2.24, 2.45) is 0 Å². The standard InChI is InChI=1S/C14H14ClNO3S/c1-9-13(20-8-16-9)3-4-19-14-11(15)5-10(7-17)6-12(14)18-2/h5-8H,3-4H2,1-2H3. The van der Waals surface area contributed by atoms with Gasteiger partial charge in [-0.15, -0.1) is 11.3 Å². The minimum absolute atomic E-state index is 0.368. The van der Waals surface area contributed by atoms with E-state index in [1.165, 1.54) is 12.0 Å². The van der Waals surface area contributed by atoms with Crippen molar-refractivity contribution in [3.05, 3.63) is 38.8 Å². The molecule has 2 rings (SSSR count). The van der Waals surface area contributed by atoms with Gasteiger partial charge in [0.1, 0.15) is 6.29 Å². The van der Waals surface area contributed by atoms with Crippen molar-refractivity contribution in [3.8, 4) is 11.5 Å². The van der Waals surface area contributed by atoms with Crippen molar-refractivity contribution < 1.29 is 14.3 Å². The fraction of sp³-hybridized carbons (Fsp3) is 0.286. The van der Waals surface area contributed by atoms with Crippen LogP contribution >= 0.6 is 22.9 Å². The number of hydrogen-bond donors (Lipinski definition) is 0. The van der Waals surface area contributed by atoms with Crippen molar-refractivity contribution in [1.82, 2.24) is 4.98 Å². The van der Waals surface area contributed by atoms with Crippen LogP contribution in [0.2, 0.25) is 5.02 Å². The molecule has 0 N–H and O–H groups in total. The number of aryl methyl sites for hydroxylation is 1. The molecule has 1 heterocycles. The van der Waals surface area contributed by atoms with Crippen LogP contribution in [0.15, 0.2) is 17.6 Å². The highest BCUT2D eigenvalue weighted by atomic mass is 35.5. The molecule has 0 atom stereocenters. The third kappa shape index (κ3) is 3.29. The number of ether oxygens (including phenoxy) is 2. The number of nitrogens with zero attached hydrogens (tertiary/aromatic N) is 1. The minimum Gasteiger partial charge on any atom is -0.493 e. The predicted molar refractivity (Wildman–Crippen MR) is 79.4 cm³/mol. The molecule has 0 saturated carbocycles. The van der Waals surface area contributed by atoms with Crippen LogP contribution in [0.5, 0.6) is 11.5 Å². The number of halogens is 1. The molecule has 4 nitrogen and oxygen atoms in total. The Bertz CT molecular complexity index is 612. The molecule has 20 heavy (non-hydrogen) atoms. The second-order valence-electron chi connectivity index (χ2n) is 4.11. The third-order valence-electron chi connectivity index (χ3n) is 2.81. The second kappa shape index (κ2) is 6.72. The lowest BCUT2D eigenvalue weighted by molar-refractivity contribution is 0.112. The molecular formula is C14H14ClNO3S. The molecule has 0 radical (unpaired) electrons. The molecule has 0 aliphatic rings. The van der Waals surface area contributed by atoms with Crippen molar-refractivity contribution in [2.75, 3.05) is 13.7 Å². The van der Waals surface area contributed by atoms with Crippen molar-refractivity contribution in [2.45, 2.75) is 13.3 Å². The zero-order valence-corrected chi connectivity index (χ0v) is 12.8. The van der Waals surface area contributed by atoms with Crippen molar-refractivity contribution in [3.63, 3.8) is 0 Å². The quantitative estimate of drug-likeness (QED) is 0.766. The van der Waals surface area contributed by atoms with Gasteiger partial charge < -0.3 is 9.47 Å². The summed E-state index contributed by atoms with van der Waals surface area (Å²) in [6.07, 6.45) is 1.48. The number of hydrogen-bond acceptors (Lipinski definition) is 5. The molecule has 0 aliphatic heterocycles. The number of methoxy groups -OCH3 is 1. The lowest BCUT2D eigenvalue weighted by Gasteiger charge is -2.12. The summed E-state index contributed by atoms with van der Waals surface area (Å²) in [6.45, 7) is 2.44. The number of carbonyl (C=O) groups is 1. The Morgan fingerprint density at radius 2 is 2.25 bits per heavy atom. The van der Waals surface area contributed by atoms with Crippen LogP contribution in [0.1, 0.15) is 20.9 Å². The summed E-state index contributed by atoms with van der Waals surface area (Å²) in [5, 5.41) is 0.368. The molecule has 0 unspecified atom stereocenters. The highest BCUT2D eigenvalue weighted by Gasteiger charge is 2.12. The summed E-state index contributed by atoms with van der Waals surface area (Å²) < 4.78 is 10.9. The van der Waals surface area contributed by atoms with Gasteiger partial charge in [-0.05, 0) is 19.1 Å². The number of rotatable bonds is 6. The molecule has 0 saturated heterocycles. The molecule has 0 bridgehead atoms. The number of benzene rings is 1. The number of thiazole rings is 1. The van der Waals surface area contributed by atoms with Gasteiger partial charge in [0.15, 0.2) is 11.5 Å². The number of aldehydes is 1. The highest BCUT2D eigenvalue weighted by Crippen LogP contribution is 2.36. The second-order valence-corrected chi connectivity index (χ2v) is 5.46. The highest BCUT2D eigenvalue weighted by molar-refractivity contribution is 7.09. The van der Waals surface area contributed by atoms with Gasteiger partial charge in [-0.2, -0.15) is 0 Å². The van der Waals surface area contributed by atoms with Crippen LogP contribution in [-0.4, -0.2) is 25.0 Å². The van der Waals surface area contributed by atoms with E-state index in [1.807, 2.05) is 12.4 Å². The summed E-state index contributed by atoms with van der Waals surface area (Å²) in [6, 6.07) is 3.16. The summed E-state index contributed by atoms with van der Waals surface area (Å²) in [5.74, 6) is 0.919. The van der Waals surface area contributed by atoms with Gasteiger partial charge in [0.2, 0.25) is 0 Å². The SMILES string of the molecule is COc1cc(C=O)cc(Cl)c1OCCc1scnc1C. The van der Waals surface area contributed by atoms with E-state index >= 15 is 0 Å². The monoisotopic (exact) mass is 311 g/mol. The van der Waals surface area contributed by atoms with Gasteiger partial charge in [-0.3, -0.25) is 4.79 Å². The first-order chi connectivity index (χ1) is 9.65. The molecule has 6 heteroatoms. The molecule has 2 aromatic rings. The summed E-state index contributed by atoms with van der Waals surface area (Å²) >= 11 is 7.71. The van der Waals surface area contributed by atoms with E-state index in [2.05, 4.69) is 4.98 Å². The van der Waals surface area contributed by atoms with Gasteiger partial charge >= 0.3 is 0 Å². The van der Waals surface area contributed by atoms with Crippen LogP contribution in [0.3, 0.4) is 0 Å². The first-order valence-corrected chi connectivity index (χ1v) is 7.26. The lowest BCUT2D eigenvalue weighted by atomic mass is 10.2. The summed E-state index contributed by atoms with van der Waals surface area (Å²) in [7, 11) is 1.51. The topological polar surface area (TPSA) is 48.4 Å². The average Bonchev–Trinajstić information content (AvgIpc) is 2.85. The molecular weight excluding hydrogens is 298 g/mol. The molecule has 1 aromatic heterocycles. The molecule has 0 aliphatic carbocycles. The van der Waals surface area contributed by atoms with Crippen LogP contribution in [0.25, 0.3) is 0 Å². The largest absolute Gasteiger partial charge is 0.493 e. The fourth-order valence-corrected chi connectivity index (χ4v) is 2.80. The lowest BCUT2D eigenvalue weighted by Crippen LogP contribution is -2.03. The molecule has 106 valence electrons. The smallest absolute Gasteiger partial charge is 0.179 e. The molecule has 0 spiro atoms. The van der Waals surface area contributed by atoms with Crippen molar-refractivity contribution >= 4 is 29.2 Å². The van der Waals surface area contributed by atoms with Crippen LogP contribution in [-0.2, 0) is 6.42 Å². The van der Waals surface area contributed by atoms with E-state index < -0.39 is 0 Å². The van der Waals surface area contributed by atoms with Gasteiger partial charge in [-0.1, -0.05) is 11.6 Å². The summed E-state index contributed by atoms with van der Waals surface area (Å²) in [4.78, 5) is 16.2. The first-order valence-electron chi connectivity index (χ1n) is 6.00. The zero-order valence-electron chi connectivity index (χ0n) is 11.2. The van der Waals surface area contributed by atoms with Gasteiger partial charge in [0.05, 0.1) is 29.9 Å². The molecule has 0 amide bonds. The van der Waals surface area contributed by atoms with Gasteiger partial charge in [-0.25, -0.2) is 4.98 Å². The Morgan fingerprint density at radius 3 is 2.85 bits per heavy atom. The average molecular weight is 312 g/mol. The van der Waals surface area contributed by atoms with Crippen LogP contribution in [0, 0.1) is 6.92 Å². The third-order valence-corrected chi connectivity index (χ3v) is 4.08. The fourth-order valence-electron chi connectivity index (χ4n) is 1.76. The van der Waals surface area contributed by atoms with Gasteiger partial charge in [0.25, 0.3) is 0 Å². The van der Waals surface area contributed by atoms with E-state index in [0.29, 0.717) is 28.7 Å².